The summed E-state index contributed by atoms with van der Waals surface area (Å²) in [5, 5.41) is 20.8. The van der Waals surface area contributed by atoms with Crippen LogP contribution in [0.5, 0.6) is 0 Å². The maximum absolute atomic E-state index is 13.2. The third-order valence-corrected chi connectivity index (χ3v) is 7.74. The molecule has 0 aromatic heterocycles. The van der Waals surface area contributed by atoms with Gasteiger partial charge in [0.2, 0.25) is 5.91 Å². The van der Waals surface area contributed by atoms with Gasteiger partial charge in [0.15, 0.2) is 0 Å². The number of nitrogens with zero attached hydrogens (tertiary/aromatic N) is 2. The van der Waals surface area contributed by atoms with Crippen molar-refractivity contribution in [3.05, 3.63) is 0 Å². The first kappa shape index (κ1) is 23.5. The first-order chi connectivity index (χ1) is 12.9. The van der Waals surface area contributed by atoms with Gasteiger partial charge in [0.1, 0.15) is 0 Å². The highest BCUT2D eigenvalue weighted by molar-refractivity contribution is 7.86. The molecule has 0 radical (unpaired) electrons. The minimum atomic E-state index is -3.72. The molecule has 0 aromatic rings. The smallest absolute Gasteiger partial charge is 0.427 e. The van der Waals surface area contributed by atoms with Crippen LogP contribution >= 0.6 is 0 Å². The standard InChI is InChI=1S/C16H34BN5O5S/c1-4-22(14-8-13(14)20-15(23)11(2)18)28(26,27)21-9-12(16(3,19)10-21)6-5-7-17(24)25/h11-14,24-25H,4-10,18-19H2,1-3H3,(H,20,23)/t11-,12-,13-,14?,16-/m0/s1. The van der Waals surface area contributed by atoms with Gasteiger partial charge in [-0.2, -0.15) is 17.0 Å². The second-order valence-electron chi connectivity index (χ2n) is 8.32. The summed E-state index contributed by atoms with van der Waals surface area (Å²) in [7, 11) is -5.08. The summed E-state index contributed by atoms with van der Waals surface area (Å²) in [6.07, 6.45) is 1.99. The highest BCUT2D eigenvalue weighted by Crippen LogP contribution is 2.36. The second kappa shape index (κ2) is 8.94. The Morgan fingerprint density at radius 3 is 2.64 bits per heavy atom. The van der Waals surface area contributed by atoms with Crippen LogP contribution in [0.1, 0.15) is 40.0 Å². The zero-order valence-electron chi connectivity index (χ0n) is 16.9. The van der Waals surface area contributed by atoms with E-state index < -0.39 is 28.9 Å². The molecule has 2 aliphatic rings. The average molecular weight is 419 g/mol. The van der Waals surface area contributed by atoms with Crippen LogP contribution in [0.15, 0.2) is 0 Å². The van der Waals surface area contributed by atoms with Crippen molar-refractivity contribution in [3.63, 3.8) is 0 Å². The van der Waals surface area contributed by atoms with Crippen LogP contribution in [-0.4, -0.2) is 83.4 Å². The SMILES string of the molecule is CCN(C1C[C@@H]1NC(=O)[C@H](C)N)S(=O)(=O)N1C[C@H](CCCB(O)O)[C@@](C)(N)C1. The van der Waals surface area contributed by atoms with Crippen molar-refractivity contribution in [3.8, 4) is 0 Å². The highest BCUT2D eigenvalue weighted by Gasteiger charge is 2.52. The first-order valence-corrected chi connectivity index (χ1v) is 11.3. The summed E-state index contributed by atoms with van der Waals surface area (Å²) in [6.45, 7) is 6.01. The Morgan fingerprint density at radius 2 is 2.11 bits per heavy atom. The average Bonchev–Trinajstić information content (AvgIpc) is 3.22. The number of carbonyl (C=O) groups is 1. The van der Waals surface area contributed by atoms with Crippen molar-refractivity contribution in [2.75, 3.05) is 19.6 Å². The van der Waals surface area contributed by atoms with E-state index in [2.05, 4.69) is 5.32 Å². The molecule has 0 spiro atoms. The molecule has 1 saturated carbocycles. The maximum atomic E-state index is 13.2. The van der Waals surface area contributed by atoms with Gasteiger partial charge < -0.3 is 26.8 Å². The molecule has 5 atom stereocenters. The van der Waals surface area contributed by atoms with E-state index in [1.165, 1.54) is 8.61 Å². The Labute approximate surface area is 167 Å². The van der Waals surface area contributed by atoms with Gasteiger partial charge in [-0.1, -0.05) is 13.3 Å². The lowest BCUT2D eigenvalue weighted by molar-refractivity contribution is -0.122. The zero-order valence-corrected chi connectivity index (χ0v) is 17.7. The van der Waals surface area contributed by atoms with Crippen molar-refractivity contribution < 1.29 is 23.3 Å². The number of likely N-dealkylation sites (N-methyl/N-ethyl adjacent to an activating group) is 1. The van der Waals surface area contributed by atoms with Crippen LogP contribution < -0.4 is 16.8 Å². The number of hydrogen-bond donors (Lipinski definition) is 5. The fraction of sp³-hybridized carbons (Fsp3) is 0.938. The van der Waals surface area contributed by atoms with Crippen LogP contribution in [0.3, 0.4) is 0 Å². The zero-order chi connectivity index (χ0) is 21.3. The van der Waals surface area contributed by atoms with Crippen LogP contribution in [0.25, 0.3) is 0 Å². The molecule has 0 bridgehead atoms. The minimum Gasteiger partial charge on any atom is -0.427 e. The van der Waals surface area contributed by atoms with Crippen LogP contribution in [0, 0.1) is 5.92 Å². The van der Waals surface area contributed by atoms with Gasteiger partial charge in [-0.3, -0.25) is 4.79 Å². The highest BCUT2D eigenvalue weighted by atomic mass is 32.2. The third kappa shape index (κ3) is 5.44. The fourth-order valence-corrected chi connectivity index (χ4v) is 5.87. The van der Waals surface area contributed by atoms with Crippen LogP contribution in [-0.2, 0) is 15.0 Å². The molecular weight excluding hydrogens is 385 g/mol. The molecule has 12 heteroatoms. The number of hydrogen-bond acceptors (Lipinski definition) is 7. The number of nitrogens with one attached hydrogen (secondary N) is 1. The van der Waals surface area contributed by atoms with Crippen molar-refractivity contribution in [2.45, 2.75) is 70.0 Å². The van der Waals surface area contributed by atoms with E-state index >= 15 is 0 Å². The summed E-state index contributed by atoms with van der Waals surface area (Å²) in [6, 6.07) is -1.13. The minimum absolute atomic E-state index is 0.0625. The molecule has 0 aromatic carbocycles. The van der Waals surface area contributed by atoms with E-state index in [9.17, 15) is 13.2 Å². The molecule has 28 heavy (non-hydrogen) atoms. The van der Waals surface area contributed by atoms with Crippen molar-refractivity contribution in [1.82, 2.24) is 13.9 Å². The summed E-state index contributed by atoms with van der Waals surface area (Å²) in [5.41, 5.74) is 11.2. The summed E-state index contributed by atoms with van der Waals surface area (Å²) < 4.78 is 29.3. The number of rotatable bonds is 10. The Morgan fingerprint density at radius 1 is 1.46 bits per heavy atom. The van der Waals surface area contributed by atoms with Gasteiger partial charge in [-0.05, 0) is 38.9 Å². The van der Waals surface area contributed by atoms with Gasteiger partial charge in [0.25, 0.3) is 10.2 Å². The Kier molecular flexibility index (Phi) is 7.51. The number of nitrogens with two attached hydrogens (primary N) is 2. The van der Waals surface area contributed by atoms with E-state index in [1.807, 2.05) is 6.92 Å². The third-order valence-electron chi connectivity index (χ3n) is 5.69. The molecule has 7 N–H and O–H groups in total. The molecule has 10 nitrogen and oxygen atoms in total. The lowest BCUT2D eigenvalue weighted by atomic mass is 9.79. The lowest BCUT2D eigenvalue weighted by Crippen LogP contribution is -2.49. The van der Waals surface area contributed by atoms with E-state index in [4.69, 9.17) is 21.5 Å². The van der Waals surface area contributed by atoms with E-state index in [1.54, 1.807) is 13.8 Å². The van der Waals surface area contributed by atoms with Gasteiger partial charge >= 0.3 is 7.12 Å². The molecule has 1 unspecified atom stereocenters. The van der Waals surface area contributed by atoms with Crippen molar-refractivity contribution in [2.24, 2.45) is 17.4 Å². The number of amides is 1. The fourth-order valence-electron chi connectivity index (χ4n) is 3.86. The van der Waals surface area contributed by atoms with Crippen molar-refractivity contribution >= 4 is 23.2 Å². The molecule has 2 rings (SSSR count). The van der Waals surface area contributed by atoms with E-state index in [-0.39, 0.29) is 36.8 Å². The number of carbonyl (C=O) groups excluding carboxylic acids is 1. The van der Waals surface area contributed by atoms with Crippen LogP contribution in [0.2, 0.25) is 6.32 Å². The van der Waals surface area contributed by atoms with Gasteiger partial charge in [0.05, 0.1) is 6.04 Å². The Bertz CT molecular complexity index is 660. The predicted octanol–water partition coefficient (Wildman–Crippen LogP) is -1.94. The topological polar surface area (TPSA) is 162 Å². The predicted molar refractivity (Wildman–Crippen MR) is 107 cm³/mol. The molecular formula is C16H34BN5O5S. The quantitative estimate of drug-likeness (QED) is 0.257. The van der Waals surface area contributed by atoms with Crippen molar-refractivity contribution in [1.29, 1.82) is 0 Å². The first-order valence-electron chi connectivity index (χ1n) is 9.88. The molecule has 1 heterocycles. The maximum Gasteiger partial charge on any atom is 0.451 e. The second-order valence-corrected chi connectivity index (χ2v) is 10.2. The van der Waals surface area contributed by atoms with E-state index in [0.717, 1.165) is 0 Å². The normalized spacial score (nSPS) is 31.8. The largest absolute Gasteiger partial charge is 0.451 e. The van der Waals surface area contributed by atoms with Gasteiger partial charge in [0, 0.05) is 37.3 Å². The molecule has 2 fully saturated rings. The molecule has 1 saturated heterocycles. The Balaban J connectivity index is 2.01. The van der Waals surface area contributed by atoms with E-state index in [0.29, 0.717) is 32.4 Å². The summed E-state index contributed by atoms with van der Waals surface area (Å²) in [5.74, 6) is -0.352. The lowest BCUT2D eigenvalue weighted by Gasteiger charge is -2.28. The molecule has 162 valence electrons. The Hall–Kier alpha value is -0.755. The molecule has 1 aliphatic heterocycles. The van der Waals surface area contributed by atoms with Gasteiger partial charge in [-0.15, -0.1) is 0 Å². The summed E-state index contributed by atoms with van der Waals surface area (Å²) in [4.78, 5) is 11.8. The molecule has 1 aliphatic carbocycles. The molecule has 1 amide bonds. The summed E-state index contributed by atoms with van der Waals surface area (Å²) >= 11 is 0. The van der Waals surface area contributed by atoms with Gasteiger partial charge in [-0.25, -0.2) is 0 Å². The monoisotopic (exact) mass is 419 g/mol. The van der Waals surface area contributed by atoms with Crippen LogP contribution in [0.4, 0.5) is 0 Å².